The standard InChI is InChI=1S/C21H24ClN5O4/c1-11(2)17-16(26-19(22)30-17)18(28)23-12-6-8-13(9-7-12)24-20(29)25-15-10-14(31-27-15)21(3,4)5/h6-11H,1-5H3,(H,23,28)(H2,24,25,27,29). The molecule has 3 N–H and O–H groups in total. The van der Waals surface area contributed by atoms with Crippen LogP contribution in [0.25, 0.3) is 0 Å². The van der Waals surface area contributed by atoms with Gasteiger partial charge >= 0.3 is 6.03 Å². The summed E-state index contributed by atoms with van der Waals surface area (Å²) in [7, 11) is 0. The Morgan fingerprint density at radius 3 is 2.19 bits per heavy atom. The first-order chi connectivity index (χ1) is 14.5. The van der Waals surface area contributed by atoms with Crippen LogP contribution in [0.1, 0.15) is 62.5 Å². The van der Waals surface area contributed by atoms with Crippen LogP contribution >= 0.6 is 11.6 Å². The molecular weight excluding hydrogens is 422 g/mol. The van der Waals surface area contributed by atoms with E-state index in [9.17, 15) is 9.59 Å². The molecule has 0 spiro atoms. The molecule has 0 atom stereocenters. The fraction of sp³-hybridized carbons (Fsp3) is 0.333. The molecule has 0 radical (unpaired) electrons. The van der Waals surface area contributed by atoms with Crippen molar-refractivity contribution in [2.75, 3.05) is 16.0 Å². The third-order valence-electron chi connectivity index (χ3n) is 4.26. The lowest BCUT2D eigenvalue weighted by Gasteiger charge is -2.12. The lowest BCUT2D eigenvalue weighted by Crippen LogP contribution is -2.19. The molecule has 2 aromatic heterocycles. The second-order valence-electron chi connectivity index (χ2n) is 8.27. The van der Waals surface area contributed by atoms with Gasteiger partial charge in [0.25, 0.3) is 11.3 Å². The number of aromatic nitrogens is 2. The van der Waals surface area contributed by atoms with Crippen LogP contribution in [-0.4, -0.2) is 22.1 Å². The van der Waals surface area contributed by atoms with Gasteiger partial charge in [0.1, 0.15) is 11.5 Å². The van der Waals surface area contributed by atoms with Gasteiger partial charge in [-0.2, -0.15) is 4.98 Å². The maximum absolute atomic E-state index is 12.5. The number of urea groups is 1. The van der Waals surface area contributed by atoms with E-state index in [0.29, 0.717) is 28.7 Å². The lowest BCUT2D eigenvalue weighted by atomic mass is 9.93. The van der Waals surface area contributed by atoms with Crippen molar-refractivity contribution in [3.63, 3.8) is 0 Å². The van der Waals surface area contributed by atoms with E-state index >= 15 is 0 Å². The molecule has 2 heterocycles. The van der Waals surface area contributed by atoms with Gasteiger partial charge in [-0.05, 0) is 35.9 Å². The van der Waals surface area contributed by atoms with E-state index in [0.717, 1.165) is 0 Å². The Bertz CT molecular complexity index is 1080. The molecule has 0 saturated heterocycles. The van der Waals surface area contributed by atoms with E-state index < -0.39 is 11.9 Å². The average molecular weight is 446 g/mol. The van der Waals surface area contributed by atoms with E-state index in [1.165, 1.54) is 0 Å². The maximum atomic E-state index is 12.5. The summed E-state index contributed by atoms with van der Waals surface area (Å²) >= 11 is 5.79. The largest absolute Gasteiger partial charge is 0.432 e. The fourth-order valence-corrected chi connectivity index (χ4v) is 2.82. The zero-order valence-corrected chi connectivity index (χ0v) is 18.6. The number of hydrogen-bond donors (Lipinski definition) is 3. The van der Waals surface area contributed by atoms with Gasteiger partial charge in [-0.15, -0.1) is 0 Å². The van der Waals surface area contributed by atoms with Crippen LogP contribution in [0.4, 0.5) is 22.0 Å². The molecule has 3 aromatic rings. The highest BCUT2D eigenvalue weighted by Crippen LogP contribution is 2.25. The number of carbonyl (C=O) groups excluding carboxylic acids is 2. The summed E-state index contributed by atoms with van der Waals surface area (Å²) in [6, 6.07) is 7.81. The molecule has 0 aliphatic carbocycles. The van der Waals surface area contributed by atoms with E-state index in [1.807, 2.05) is 34.6 Å². The van der Waals surface area contributed by atoms with Crippen molar-refractivity contribution in [1.29, 1.82) is 0 Å². The summed E-state index contributed by atoms with van der Waals surface area (Å²) in [6.45, 7) is 9.71. The monoisotopic (exact) mass is 445 g/mol. The predicted octanol–water partition coefficient (Wildman–Crippen LogP) is 5.63. The van der Waals surface area contributed by atoms with Gasteiger partial charge in [0.15, 0.2) is 11.5 Å². The maximum Gasteiger partial charge on any atom is 0.324 e. The van der Waals surface area contributed by atoms with Crippen molar-refractivity contribution >= 4 is 40.7 Å². The Morgan fingerprint density at radius 1 is 1.03 bits per heavy atom. The van der Waals surface area contributed by atoms with Gasteiger partial charge in [0.2, 0.25) is 0 Å². The molecule has 9 nitrogen and oxygen atoms in total. The normalized spacial score (nSPS) is 11.5. The Labute approximate surface area is 184 Å². The first-order valence-electron chi connectivity index (χ1n) is 9.66. The van der Waals surface area contributed by atoms with E-state index in [2.05, 4.69) is 26.1 Å². The first-order valence-corrected chi connectivity index (χ1v) is 10.0. The number of benzene rings is 1. The van der Waals surface area contributed by atoms with Crippen molar-refractivity contribution in [2.45, 2.75) is 46.0 Å². The molecule has 10 heteroatoms. The summed E-state index contributed by atoms with van der Waals surface area (Å²) in [4.78, 5) is 28.6. The molecular formula is C21H24ClN5O4. The Morgan fingerprint density at radius 2 is 1.65 bits per heavy atom. The molecule has 0 bridgehead atoms. The first kappa shape index (κ1) is 22.4. The average Bonchev–Trinajstić information content (AvgIpc) is 3.30. The number of rotatable bonds is 5. The van der Waals surface area contributed by atoms with Crippen molar-refractivity contribution < 1.29 is 18.5 Å². The number of halogens is 1. The molecule has 0 aliphatic heterocycles. The SMILES string of the molecule is CC(C)c1oc(Cl)nc1C(=O)Nc1ccc(NC(=O)Nc2cc(C(C)(C)C)on2)cc1. The quantitative estimate of drug-likeness (QED) is 0.467. The summed E-state index contributed by atoms with van der Waals surface area (Å²) in [5.74, 6) is 0.920. The molecule has 0 unspecified atom stereocenters. The highest BCUT2D eigenvalue weighted by molar-refractivity contribution is 6.28. The van der Waals surface area contributed by atoms with Crippen molar-refractivity contribution in [1.82, 2.24) is 10.1 Å². The third kappa shape index (κ3) is 5.64. The van der Waals surface area contributed by atoms with Gasteiger partial charge < -0.3 is 19.6 Å². The Kier molecular flexibility index (Phi) is 6.35. The smallest absolute Gasteiger partial charge is 0.324 e. The number of carbonyl (C=O) groups is 2. The molecule has 1 aromatic carbocycles. The van der Waals surface area contributed by atoms with Crippen LogP contribution in [0.15, 0.2) is 39.3 Å². The third-order valence-corrected chi connectivity index (χ3v) is 4.42. The number of anilines is 3. The van der Waals surface area contributed by atoms with E-state index in [4.69, 9.17) is 20.5 Å². The highest BCUT2D eigenvalue weighted by atomic mass is 35.5. The molecule has 164 valence electrons. The van der Waals surface area contributed by atoms with Crippen LogP contribution in [0.3, 0.4) is 0 Å². The summed E-state index contributed by atoms with van der Waals surface area (Å²) in [5, 5.41) is 11.8. The van der Waals surface area contributed by atoms with Gasteiger partial charge in [-0.25, -0.2) is 4.79 Å². The summed E-state index contributed by atoms with van der Waals surface area (Å²) < 4.78 is 10.5. The minimum Gasteiger partial charge on any atom is -0.432 e. The molecule has 0 saturated carbocycles. The van der Waals surface area contributed by atoms with Crippen LogP contribution in [0.5, 0.6) is 0 Å². The number of nitrogens with one attached hydrogen (secondary N) is 3. The Hall–Kier alpha value is -3.33. The number of oxazole rings is 1. The lowest BCUT2D eigenvalue weighted by molar-refractivity contribution is 0.102. The van der Waals surface area contributed by atoms with Gasteiger partial charge in [-0.1, -0.05) is 39.8 Å². The zero-order valence-electron chi connectivity index (χ0n) is 17.9. The van der Waals surface area contributed by atoms with Crippen molar-refractivity contribution in [2.24, 2.45) is 0 Å². The minimum atomic E-state index is -0.468. The molecule has 0 fully saturated rings. The van der Waals surface area contributed by atoms with Gasteiger partial charge in [-0.3, -0.25) is 10.1 Å². The molecule has 0 aliphatic rings. The summed E-state index contributed by atoms with van der Waals surface area (Å²) in [5.41, 5.74) is 0.985. The van der Waals surface area contributed by atoms with Crippen molar-refractivity contribution in [3.8, 4) is 0 Å². The fourth-order valence-electron chi connectivity index (χ4n) is 2.65. The van der Waals surface area contributed by atoms with Gasteiger partial charge in [0, 0.05) is 28.8 Å². The number of amides is 3. The predicted molar refractivity (Wildman–Crippen MR) is 118 cm³/mol. The molecule has 3 rings (SSSR count). The topological polar surface area (TPSA) is 122 Å². The van der Waals surface area contributed by atoms with Crippen LogP contribution < -0.4 is 16.0 Å². The summed E-state index contributed by atoms with van der Waals surface area (Å²) in [6.07, 6.45) is 0. The number of hydrogen-bond acceptors (Lipinski definition) is 6. The molecule has 3 amide bonds. The Balaban J connectivity index is 1.59. The van der Waals surface area contributed by atoms with Crippen LogP contribution in [0, 0.1) is 0 Å². The van der Waals surface area contributed by atoms with Gasteiger partial charge in [0.05, 0.1) is 0 Å². The second-order valence-corrected chi connectivity index (χ2v) is 8.59. The van der Waals surface area contributed by atoms with E-state index in [1.54, 1.807) is 30.3 Å². The minimum absolute atomic E-state index is 0.0463. The molecule has 31 heavy (non-hydrogen) atoms. The van der Waals surface area contributed by atoms with Crippen molar-refractivity contribution in [3.05, 3.63) is 52.9 Å². The highest BCUT2D eigenvalue weighted by Gasteiger charge is 2.22. The number of nitrogens with zero attached hydrogens (tertiary/aromatic N) is 2. The van der Waals surface area contributed by atoms with Crippen LogP contribution in [-0.2, 0) is 5.41 Å². The van der Waals surface area contributed by atoms with E-state index in [-0.39, 0.29) is 22.4 Å². The zero-order chi connectivity index (χ0) is 22.8. The van der Waals surface area contributed by atoms with Crippen LogP contribution in [0.2, 0.25) is 5.35 Å². The second kappa shape index (κ2) is 8.81.